The Morgan fingerprint density at radius 3 is 2.59 bits per heavy atom. The van der Waals surface area contributed by atoms with Crippen LogP contribution in [0.2, 0.25) is 0 Å². The molecular formula is C12H15NO4. The van der Waals surface area contributed by atoms with Gasteiger partial charge in [-0.2, -0.15) is 0 Å². The molecule has 0 amide bonds. The fourth-order valence-electron chi connectivity index (χ4n) is 2.09. The second kappa shape index (κ2) is 3.87. The summed E-state index contributed by atoms with van der Waals surface area (Å²) in [4.78, 5) is 0. The summed E-state index contributed by atoms with van der Waals surface area (Å²) < 4.78 is 16.5. The molecule has 0 aromatic heterocycles. The fourth-order valence-corrected chi connectivity index (χ4v) is 2.09. The number of nitrogen functional groups attached to an aromatic ring is 1. The maximum atomic E-state index is 9.91. The normalized spacial score (nSPS) is 39.5. The van der Waals surface area contributed by atoms with Crippen molar-refractivity contribution in [1.82, 2.24) is 0 Å². The molecule has 2 saturated heterocycles. The highest BCUT2D eigenvalue weighted by Gasteiger charge is 2.56. The average molecular weight is 237 g/mol. The zero-order chi connectivity index (χ0) is 12.0. The summed E-state index contributed by atoms with van der Waals surface area (Å²) in [5, 5.41) is 9.91. The summed E-state index contributed by atoms with van der Waals surface area (Å²) >= 11 is 0. The third-order valence-corrected chi connectivity index (χ3v) is 3.12. The summed E-state index contributed by atoms with van der Waals surface area (Å²) in [6.45, 7) is 1.91. The van der Waals surface area contributed by atoms with Gasteiger partial charge in [0.1, 0.15) is 24.1 Å². The number of epoxide rings is 1. The van der Waals surface area contributed by atoms with Crippen molar-refractivity contribution in [2.75, 3.05) is 5.73 Å². The van der Waals surface area contributed by atoms with Crippen molar-refractivity contribution < 1.29 is 19.3 Å². The first kappa shape index (κ1) is 10.8. The minimum Gasteiger partial charge on any atom is -0.462 e. The molecule has 0 radical (unpaired) electrons. The van der Waals surface area contributed by atoms with E-state index in [2.05, 4.69) is 0 Å². The Morgan fingerprint density at radius 1 is 1.18 bits per heavy atom. The molecule has 0 bridgehead atoms. The van der Waals surface area contributed by atoms with Crippen molar-refractivity contribution >= 4 is 5.69 Å². The van der Waals surface area contributed by atoms with Crippen LogP contribution in [0.15, 0.2) is 24.3 Å². The molecule has 5 atom stereocenters. The first-order valence-electron chi connectivity index (χ1n) is 5.66. The number of aliphatic hydroxyl groups excluding tert-OH is 1. The van der Waals surface area contributed by atoms with E-state index in [0.717, 1.165) is 0 Å². The second-order valence-electron chi connectivity index (χ2n) is 4.45. The third kappa shape index (κ3) is 1.97. The smallest absolute Gasteiger partial charge is 0.229 e. The number of ether oxygens (including phenoxy) is 3. The van der Waals surface area contributed by atoms with E-state index in [4.69, 9.17) is 19.9 Å². The number of aliphatic hydroxyl groups is 1. The summed E-state index contributed by atoms with van der Waals surface area (Å²) in [7, 11) is 0. The molecule has 5 heteroatoms. The van der Waals surface area contributed by atoms with E-state index < -0.39 is 12.4 Å². The molecule has 0 saturated carbocycles. The third-order valence-electron chi connectivity index (χ3n) is 3.12. The molecule has 2 heterocycles. The van der Waals surface area contributed by atoms with Crippen molar-refractivity contribution in [3.63, 3.8) is 0 Å². The van der Waals surface area contributed by atoms with Crippen LogP contribution in [0.25, 0.3) is 0 Å². The summed E-state index contributed by atoms with van der Waals surface area (Å²) in [5.41, 5.74) is 6.25. The molecule has 2 aliphatic rings. The van der Waals surface area contributed by atoms with Gasteiger partial charge in [-0.3, -0.25) is 0 Å². The van der Waals surface area contributed by atoms with Crippen LogP contribution in [0.4, 0.5) is 5.69 Å². The predicted molar refractivity (Wildman–Crippen MR) is 60.5 cm³/mol. The van der Waals surface area contributed by atoms with Crippen LogP contribution in [-0.4, -0.2) is 35.8 Å². The topological polar surface area (TPSA) is 77.2 Å². The van der Waals surface area contributed by atoms with Crippen LogP contribution in [-0.2, 0) is 9.47 Å². The largest absolute Gasteiger partial charge is 0.462 e. The van der Waals surface area contributed by atoms with Crippen LogP contribution >= 0.6 is 0 Å². The van der Waals surface area contributed by atoms with Crippen LogP contribution in [0.1, 0.15) is 6.92 Å². The lowest BCUT2D eigenvalue weighted by Gasteiger charge is -2.29. The molecule has 3 rings (SSSR count). The van der Waals surface area contributed by atoms with Gasteiger partial charge in [0, 0.05) is 5.69 Å². The SMILES string of the molecule is C[C@@H]1O[C@H](Oc2ccc(N)cc2)[C@@H](O)[C@@H]2OC12. The van der Waals surface area contributed by atoms with Gasteiger partial charge in [-0.15, -0.1) is 0 Å². The van der Waals surface area contributed by atoms with Crippen molar-refractivity contribution in [3.8, 4) is 5.75 Å². The maximum absolute atomic E-state index is 9.91. The Labute approximate surface area is 99.1 Å². The first-order chi connectivity index (χ1) is 8.15. The Bertz CT molecular complexity index is 407. The zero-order valence-corrected chi connectivity index (χ0v) is 9.45. The predicted octanol–water partition coefficient (Wildman–Crippen LogP) is 0.521. The van der Waals surface area contributed by atoms with Gasteiger partial charge < -0.3 is 25.1 Å². The van der Waals surface area contributed by atoms with Gasteiger partial charge in [-0.05, 0) is 31.2 Å². The van der Waals surface area contributed by atoms with E-state index in [1.807, 2.05) is 6.92 Å². The van der Waals surface area contributed by atoms with Crippen LogP contribution in [0.3, 0.4) is 0 Å². The molecule has 0 spiro atoms. The molecular weight excluding hydrogens is 222 g/mol. The summed E-state index contributed by atoms with van der Waals surface area (Å²) in [6, 6.07) is 6.97. The lowest BCUT2D eigenvalue weighted by atomic mass is 10.1. The minimum atomic E-state index is -0.742. The van der Waals surface area contributed by atoms with Gasteiger partial charge in [-0.25, -0.2) is 0 Å². The zero-order valence-electron chi connectivity index (χ0n) is 9.45. The Hall–Kier alpha value is -1.30. The van der Waals surface area contributed by atoms with Crippen LogP contribution < -0.4 is 10.5 Å². The highest BCUT2D eigenvalue weighted by atomic mass is 16.7. The lowest BCUT2D eigenvalue weighted by Crippen LogP contribution is -2.47. The van der Waals surface area contributed by atoms with E-state index in [-0.39, 0.29) is 18.3 Å². The summed E-state index contributed by atoms with van der Waals surface area (Å²) in [5.74, 6) is 0.620. The quantitative estimate of drug-likeness (QED) is 0.579. The van der Waals surface area contributed by atoms with Gasteiger partial charge in [0.15, 0.2) is 0 Å². The monoisotopic (exact) mass is 237 g/mol. The summed E-state index contributed by atoms with van der Waals surface area (Å²) in [6.07, 6.45) is -1.62. The molecule has 1 aromatic carbocycles. The second-order valence-corrected chi connectivity index (χ2v) is 4.45. The number of benzene rings is 1. The first-order valence-corrected chi connectivity index (χ1v) is 5.66. The highest BCUT2D eigenvalue weighted by Crippen LogP contribution is 2.37. The number of rotatable bonds is 2. The molecule has 92 valence electrons. The molecule has 17 heavy (non-hydrogen) atoms. The van der Waals surface area contributed by atoms with Gasteiger partial charge in [0.05, 0.1) is 6.10 Å². The maximum Gasteiger partial charge on any atom is 0.229 e. The van der Waals surface area contributed by atoms with E-state index in [1.54, 1.807) is 24.3 Å². The van der Waals surface area contributed by atoms with Gasteiger partial charge in [0.2, 0.25) is 6.29 Å². The molecule has 0 aliphatic carbocycles. The molecule has 5 nitrogen and oxygen atoms in total. The number of fused-ring (bicyclic) bond motifs is 1. The number of anilines is 1. The molecule has 1 aromatic rings. The highest BCUT2D eigenvalue weighted by molar-refractivity contribution is 5.41. The van der Waals surface area contributed by atoms with E-state index in [1.165, 1.54) is 0 Å². The molecule has 1 unspecified atom stereocenters. The standard InChI is InChI=1S/C12H15NO4/c1-6-10-11(17-10)9(14)12(15-6)16-8-4-2-7(13)3-5-8/h2-6,9-12,14H,13H2,1H3/t6-,9-,10?,11-,12+/m0/s1. The average Bonchev–Trinajstić information content (AvgIpc) is 3.09. The van der Waals surface area contributed by atoms with E-state index in [0.29, 0.717) is 11.4 Å². The van der Waals surface area contributed by atoms with Crippen molar-refractivity contribution in [3.05, 3.63) is 24.3 Å². The van der Waals surface area contributed by atoms with Crippen LogP contribution in [0, 0.1) is 0 Å². The molecule has 3 N–H and O–H groups in total. The lowest BCUT2D eigenvalue weighted by molar-refractivity contribution is -0.184. The van der Waals surface area contributed by atoms with Crippen LogP contribution in [0.5, 0.6) is 5.75 Å². The van der Waals surface area contributed by atoms with Crippen molar-refractivity contribution in [2.24, 2.45) is 0 Å². The number of hydrogen-bond donors (Lipinski definition) is 2. The van der Waals surface area contributed by atoms with Crippen molar-refractivity contribution in [1.29, 1.82) is 0 Å². The molecule has 2 fully saturated rings. The Kier molecular flexibility index (Phi) is 2.47. The van der Waals surface area contributed by atoms with E-state index >= 15 is 0 Å². The minimum absolute atomic E-state index is 0.0104. The van der Waals surface area contributed by atoms with Crippen molar-refractivity contribution in [2.45, 2.75) is 37.6 Å². The number of hydrogen-bond acceptors (Lipinski definition) is 5. The van der Waals surface area contributed by atoms with Gasteiger partial charge in [-0.1, -0.05) is 0 Å². The fraction of sp³-hybridized carbons (Fsp3) is 0.500. The molecule has 2 aliphatic heterocycles. The Morgan fingerprint density at radius 2 is 1.88 bits per heavy atom. The van der Waals surface area contributed by atoms with Gasteiger partial charge in [0.25, 0.3) is 0 Å². The number of nitrogens with two attached hydrogens (primary N) is 1. The Balaban J connectivity index is 1.70. The van der Waals surface area contributed by atoms with Gasteiger partial charge >= 0.3 is 0 Å². The van der Waals surface area contributed by atoms with E-state index in [9.17, 15) is 5.11 Å².